The number of amides is 1. The molecule has 0 N–H and O–H groups in total. The van der Waals surface area contributed by atoms with Gasteiger partial charge in [0, 0.05) is 58.5 Å². The van der Waals surface area contributed by atoms with Crippen LogP contribution in [-0.4, -0.2) is 108 Å². The number of piperazine rings is 1. The molecule has 0 bridgehead atoms. The molecule has 3 atom stereocenters. The van der Waals surface area contributed by atoms with E-state index in [0.717, 1.165) is 33.6 Å². The number of morpholine rings is 1. The summed E-state index contributed by atoms with van der Waals surface area (Å²) in [5.74, 6) is -0.924. The van der Waals surface area contributed by atoms with Gasteiger partial charge < -0.3 is 18.8 Å². The zero-order valence-corrected chi connectivity index (χ0v) is 35.1. The van der Waals surface area contributed by atoms with Crippen LogP contribution in [0.3, 0.4) is 0 Å². The Morgan fingerprint density at radius 2 is 1.36 bits per heavy atom. The quantitative estimate of drug-likeness (QED) is 0.110. The molecule has 4 aromatic rings. The molecule has 59 heavy (non-hydrogen) atoms. The van der Waals surface area contributed by atoms with Crippen LogP contribution in [-0.2, 0) is 31.7 Å². The molecule has 1 radical (unpaired) electrons. The lowest BCUT2D eigenvalue weighted by Gasteiger charge is -2.46. The van der Waals surface area contributed by atoms with Crippen molar-refractivity contribution < 1.29 is 45.0 Å². The standard InChI is InChI=1S/C45H52F6N3O4Si/c1-31-16-17-32(26-39(31)43(2,3)4)41(58-59(37-12-8-6-9-13-37)38-14-10-7-11-15-38)40-29-52(18-19-53-22-23-57-36(28-53)30-56-5)20-21-54(40)42(55)33-24-34(44(46,47)48)27-35(25-33)45(49,50)51/h6-17,24-27,36,40-41H,18-23,28-30H2,1-5H3/t36-,40+,41?/m0/s1. The highest BCUT2D eigenvalue weighted by molar-refractivity contribution is 6.80. The van der Waals surface area contributed by atoms with E-state index >= 15 is 0 Å². The fraction of sp³-hybridized carbons (Fsp3) is 0.444. The number of rotatable bonds is 12. The number of benzene rings is 4. The molecule has 4 aromatic carbocycles. The predicted octanol–water partition coefficient (Wildman–Crippen LogP) is 7.37. The molecule has 317 valence electrons. The molecule has 7 nitrogen and oxygen atoms in total. The topological polar surface area (TPSA) is 54.5 Å². The number of hydrogen-bond acceptors (Lipinski definition) is 6. The predicted molar refractivity (Wildman–Crippen MR) is 217 cm³/mol. The number of carbonyl (C=O) groups excluding carboxylic acids is 1. The maximum absolute atomic E-state index is 14.7. The van der Waals surface area contributed by atoms with E-state index < -0.39 is 56.1 Å². The number of halogens is 6. The Hall–Kier alpha value is -4.05. The molecule has 0 aliphatic carbocycles. The van der Waals surface area contributed by atoms with Crippen LogP contribution in [0.15, 0.2) is 97.1 Å². The van der Waals surface area contributed by atoms with Gasteiger partial charge in [0.1, 0.15) is 0 Å². The minimum Gasteiger partial charge on any atom is -0.398 e. The number of hydrogen-bond donors (Lipinski definition) is 0. The van der Waals surface area contributed by atoms with E-state index in [1.807, 2.05) is 79.7 Å². The monoisotopic (exact) mass is 840 g/mol. The Morgan fingerprint density at radius 3 is 1.90 bits per heavy atom. The molecule has 0 aromatic heterocycles. The summed E-state index contributed by atoms with van der Waals surface area (Å²) in [4.78, 5) is 20.6. The lowest BCUT2D eigenvalue weighted by atomic mass is 9.82. The van der Waals surface area contributed by atoms with Gasteiger partial charge in [0.15, 0.2) is 0 Å². The van der Waals surface area contributed by atoms with Crippen LogP contribution in [0.25, 0.3) is 0 Å². The SMILES string of the molecule is COC[C@@H]1CN(CCN2CCN(C(=O)c3cc(C(F)(F)F)cc(C(F)(F)F)c3)[C@@H](C(O[Si](c3ccccc3)c3ccccc3)c3ccc(C)c(C(C)(C)C)c3)C2)CCO1. The fourth-order valence-electron chi connectivity index (χ4n) is 7.98. The molecule has 0 saturated carbocycles. The van der Waals surface area contributed by atoms with Crippen molar-refractivity contribution in [2.24, 2.45) is 0 Å². The summed E-state index contributed by atoms with van der Waals surface area (Å²) < 4.78 is 103. The summed E-state index contributed by atoms with van der Waals surface area (Å²) in [6.45, 7) is 12.7. The van der Waals surface area contributed by atoms with Crippen molar-refractivity contribution in [3.05, 3.63) is 130 Å². The first-order valence-corrected chi connectivity index (χ1v) is 21.2. The third-order valence-electron chi connectivity index (χ3n) is 11.0. The van der Waals surface area contributed by atoms with Gasteiger partial charge in [-0.2, -0.15) is 26.3 Å². The molecule has 2 fully saturated rings. The van der Waals surface area contributed by atoms with Gasteiger partial charge in [0.05, 0.1) is 42.6 Å². The first kappa shape index (κ1) is 44.5. The van der Waals surface area contributed by atoms with Crippen molar-refractivity contribution in [1.29, 1.82) is 0 Å². The number of carbonyl (C=O) groups is 1. The van der Waals surface area contributed by atoms with Crippen molar-refractivity contribution in [2.75, 3.05) is 66.1 Å². The van der Waals surface area contributed by atoms with Crippen molar-refractivity contribution >= 4 is 25.3 Å². The second-order valence-electron chi connectivity index (χ2n) is 16.3. The second kappa shape index (κ2) is 18.7. The molecular weight excluding hydrogens is 789 g/mol. The van der Waals surface area contributed by atoms with E-state index in [1.165, 1.54) is 4.90 Å². The highest BCUT2D eigenvalue weighted by Crippen LogP contribution is 2.38. The first-order valence-electron chi connectivity index (χ1n) is 19.8. The van der Waals surface area contributed by atoms with Gasteiger partial charge in [-0.15, -0.1) is 0 Å². The summed E-state index contributed by atoms with van der Waals surface area (Å²) >= 11 is 0. The van der Waals surface area contributed by atoms with Gasteiger partial charge in [-0.3, -0.25) is 14.6 Å². The number of nitrogens with zero attached hydrogens (tertiary/aromatic N) is 3. The maximum Gasteiger partial charge on any atom is 0.416 e. The average Bonchev–Trinajstić information content (AvgIpc) is 3.20. The molecule has 2 aliphatic rings. The van der Waals surface area contributed by atoms with Crippen LogP contribution in [0, 0.1) is 6.92 Å². The number of alkyl halides is 6. The minimum absolute atomic E-state index is 0.0487. The zero-order chi connectivity index (χ0) is 42.5. The third kappa shape index (κ3) is 11.2. The molecule has 2 aliphatic heterocycles. The lowest BCUT2D eigenvalue weighted by Crippen LogP contribution is -2.60. The molecule has 1 unspecified atom stereocenters. The van der Waals surface area contributed by atoms with Gasteiger partial charge in [0.25, 0.3) is 14.9 Å². The number of methoxy groups -OCH3 is 1. The van der Waals surface area contributed by atoms with Crippen molar-refractivity contribution in [2.45, 2.75) is 63.7 Å². The van der Waals surface area contributed by atoms with E-state index in [0.29, 0.717) is 51.5 Å². The van der Waals surface area contributed by atoms with Crippen molar-refractivity contribution in [3.63, 3.8) is 0 Å². The van der Waals surface area contributed by atoms with Gasteiger partial charge in [-0.1, -0.05) is 99.6 Å². The van der Waals surface area contributed by atoms with Crippen LogP contribution in [0.2, 0.25) is 0 Å². The zero-order valence-electron chi connectivity index (χ0n) is 34.1. The Balaban J connectivity index is 1.47. The van der Waals surface area contributed by atoms with E-state index in [9.17, 15) is 31.1 Å². The summed E-state index contributed by atoms with van der Waals surface area (Å²) in [7, 11) is -0.430. The largest absolute Gasteiger partial charge is 0.416 e. The number of aryl methyl sites for hydroxylation is 1. The fourth-order valence-corrected chi connectivity index (χ4v) is 10.1. The van der Waals surface area contributed by atoms with E-state index in [2.05, 4.69) is 36.6 Å². The summed E-state index contributed by atoms with van der Waals surface area (Å²) in [6, 6.07) is 25.8. The first-order chi connectivity index (χ1) is 27.9. The second-order valence-corrected chi connectivity index (χ2v) is 18.4. The minimum atomic E-state index is -5.12. The van der Waals surface area contributed by atoms with Gasteiger partial charge in [-0.25, -0.2) is 0 Å². The van der Waals surface area contributed by atoms with E-state index in [1.54, 1.807) is 7.11 Å². The molecule has 14 heteroatoms. The Kier molecular flexibility index (Phi) is 14.1. The highest BCUT2D eigenvalue weighted by Gasteiger charge is 2.43. The smallest absolute Gasteiger partial charge is 0.398 e. The Bertz CT molecular complexity index is 1940. The average molecular weight is 841 g/mol. The molecule has 1 amide bonds. The van der Waals surface area contributed by atoms with Crippen LogP contribution in [0.1, 0.15) is 65.1 Å². The normalized spacial score (nSPS) is 19.3. The molecule has 2 heterocycles. The molecule has 6 rings (SSSR count). The summed E-state index contributed by atoms with van der Waals surface area (Å²) in [5, 5.41) is 1.88. The molecule has 0 spiro atoms. The Labute approximate surface area is 344 Å². The van der Waals surface area contributed by atoms with E-state index in [-0.39, 0.29) is 30.7 Å². The number of ether oxygens (including phenoxy) is 2. The Morgan fingerprint density at radius 1 is 0.780 bits per heavy atom. The highest BCUT2D eigenvalue weighted by atomic mass is 28.3. The van der Waals surface area contributed by atoms with Gasteiger partial charge in [-0.05, 0) is 57.6 Å². The van der Waals surface area contributed by atoms with Crippen LogP contribution < -0.4 is 10.4 Å². The maximum atomic E-state index is 14.7. The van der Waals surface area contributed by atoms with Crippen LogP contribution in [0.5, 0.6) is 0 Å². The van der Waals surface area contributed by atoms with Crippen molar-refractivity contribution in [1.82, 2.24) is 14.7 Å². The van der Waals surface area contributed by atoms with Crippen LogP contribution in [0.4, 0.5) is 26.3 Å². The van der Waals surface area contributed by atoms with Crippen LogP contribution >= 0.6 is 0 Å². The van der Waals surface area contributed by atoms with Gasteiger partial charge >= 0.3 is 12.4 Å². The lowest BCUT2D eigenvalue weighted by molar-refractivity contribution is -0.143. The van der Waals surface area contributed by atoms with E-state index in [4.69, 9.17) is 13.9 Å². The molecular formula is C45H52F6N3O4Si. The summed E-state index contributed by atoms with van der Waals surface area (Å²) in [6.07, 6.45) is -11.1. The third-order valence-corrected chi connectivity index (χ3v) is 13.2. The van der Waals surface area contributed by atoms with Crippen molar-refractivity contribution in [3.8, 4) is 0 Å². The molecule has 2 saturated heterocycles. The van der Waals surface area contributed by atoms with Gasteiger partial charge in [0.2, 0.25) is 0 Å². The summed E-state index contributed by atoms with van der Waals surface area (Å²) in [5.41, 5.74) is -1.18.